The zero-order valence-corrected chi connectivity index (χ0v) is 13.0. The zero-order valence-electron chi connectivity index (χ0n) is 13.0. The number of hydrogen-bond donors (Lipinski definition) is 3. The van der Waals surface area contributed by atoms with Gasteiger partial charge in [-0.1, -0.05) is 31.9 Å². The molecule has 21 heavy (non-hydrogen) atoms. The molecule has 1 aliphatic rings. The van der Waals surface area contributed by atoms with Gasteiger partial charge in [-0.2, -0.15) is 0 Å². The third-order valence-electron chi connectivity index (χ3n) is 3.70. The molecular formula is C16H30O5. The minimum Gasteiger partial charge on any atom is -0.394 e. The Labute approximate surface area is 127 Å². The van der Waals surface area contributed by atoms with Crippen LogP contribution in [0.1, 0.15) is 45.4 Å². The van der Waals surface area contributed by atoms with Gasteiger partial charge in [-0.05, 0) is 25.7 Å². The van der Waals surface area contributed by atoms with Gasteiger partial charge >= 0.3 is 0 Å². The van der Waals surface area contributed by atoms with Gasteiger partial charge in [-0.25, -0.2) is 0 Å². The number of hydrogen-bond acceptors (Lipinski definition) is 5. The second kappa shape index (κ2) is 11.2. The number of ether oxygens (including phenoxy) is 2. The minimum atomic E-state index is -1.01. The molecule has 0 aromatic heterocycles. The lowest BCUT2D eigenvalue weighted by Crippen LogP contribution is -2.42. The highest BCUT2D eigenvalue weighted by Gasteiger charge is 2.40. The van der Waals surface area contributed by atoms with Crippen LogP contribution in [-0.2, 0) is 9.47 Å². The van der Waals surface area contributed by atoms with E-state index in [0.717, 1.165) is 25.7 Å². The van der Waals surface area contributed by atoms with Crippen molar-refractivity contribution >= 4 is 0 Å². The Kier molecular flexibility index (Phi) is 9.87. The highest BCUT2D eigenvalue weighted by Crippen LogP contribution is 2.21. The van der Waals surface area contributed by atoms with Crippen molar-refractivity contribution in [2.24, 2.45) is 0 Å². The number of aliphatic hydroxyl groups excluding tert-OH is 3. The largest absolute Gasteiger partial charge is 0.394 e. The fraction of sp³-hybridized carbons (Fsp3) is 0.875. The molecular weight excluding hydrogens is 272 g/mol. The molecule has 5 heteroatoms. The van der Waals surface area contributed by atoms with Crippen molar-refractivity contribution in [2.45, 2.75) is 69.9 Å². The maximum absolute atomic E-state index is 9.77. The maximum atomic E-state index is 9.77. The van der Waals surface area contributed by atoms with Gasteiger partial charge in [0.25, 0.3) is 0 Å². The summed E-state index contributed by atoms with van der Waals surface area (Å²) < 4.78 is 10.9. The Morgan fingerprint density at radius 2 is 1.95 bits per heavy atom. The van der Waals surface area contributed by atoms with Crippen molar-refractivity contribution in [3.63, 3.8) is 0 Å². The van der Waals surface area contributed by atoms with Crippen LogP contribution in [0.15, 0.2) is 12.2 Å². The molecule has 0 bridgehead atoms. The quantitative estimate of drug-likeness (QED) is 0.397. The Morgan fingerprint density at radius 1 is 1.24 bits per heavy atom. The van der Waals surface area contributed by atoms with E-state index in [4.69, 9.17) is 14.6 Å². The van der Waals surface area contributed by atoms with Crippen LogP contribution in [0.2, 0.25) is 0 Å². The van der Waals surface area contributed by atoms with Crippen molar-refractivity contribution < 1.29 is 24.8 Å². The topological polar surface area (TPSA) is 79.2 Å². The smallest absolute Gasteiger partial charge is 0.114 e. The average Bonchev–Trinajstić information content (AvgIpc) is 2.86. The molecule has 1 heterocycles. The highest BCUT2D eigenvalue weighted by atomic mass is 16.6. The van der Waals surface area contributed by atoms with Crippen LogP contribution in [0, 0.1) is 0 Å². The predicted octanol–water partition coefficient (Wildman–Crippen LogP) is 1.40. The van der Waals surface area contributed by atoms with Crippen molar-refractivity contribution in [3.05, 3.63) is 12.2 Å². The number of allylic oxidation sites excluding steroid dienone is 2. The van der Waals surface area contributed by atoms with Gasteiger partial charge in [0.05, 0.1) is 13.2 Å². The first-order valence-electron chi connectivity index (χ1n) is 8.05. The first kappa shape index (κ1) is 18.6. The average molecular weight is 302 g/mol. The monoisotopic (exact) mass is 302 g/mol. The molecule has 3 N–H and O–H groups in total. The van der Waals surface area contributed by atoms with Gasteiger partial charge in [0.1, 0.15) is 24.4 Å². The molecule has 0 aromatic rings. The lowest BCUT2D eigenvalue weighted by atomic mass is 10.1. The van der Waals surface area contributed by atoms with E-state index >= 15 is 0 Å². The van der Waals surface area contributed by atoms with Gasteiger partial charge in [-0.15, -0.1) is 0 Å². The standard InChI is InChI=1S/C16H30O5/c1-2-3-4-5-6-7-8-9-10-20-16-14(19)12-21-15(16)13(18)11-17/h5-6,13-19H,2-4,7-12H2,1H3/b6-5+/t13-,14+,15+,16+/m0/s1. The van der Waals surface area contributed by atoms with E-state index in [1.165, 1.54) is 12.8 Å². The lowest BCUT2D eigenvalue weighted by Gasteiger charge is -2.23. The number of aliphatic hydroxyl groups is 3. The van der Waals surface area contributed by atoms with E-state index in [0.29, 0.717) is 6.61 Å². The van der Waals surface area contributed by atoms with Crippen LogP contribution < -0.4 is 0 Å². The summed E-state index contributed by atoms with van der Waals surface area (Å²) in [5, 5.41) is 28.3. The van der Waals surface area contributed by atoms with E-state index in [1.54, 1.807) is 0 Å². The van der Waals surface area contributed by atoms with Crippen LogP contribution in [0.5, 0.6) is 0 Å². The molecule has 1 fully saturated rings. The van der Waals surface area contributed by atoms with Gasteiger partial charge < -0.3 is 24.8 Å². The summed E-state index contributed by atoms with van der Waals surface area (Å²) in [6, 6.07) is 0. The molecule has 0 saturated carbocycles. The van der Waals surface area contributed by atoms with Crippen LogP contribution in [0.4, 0.5) is 0 Å². The minimum absolute atomic E-state index is 0.145. The fourth-order valence-electron chi connectivity index (χ4n) is 2.40. The van der Waals surface area contributed by atoms with Crippen LogP contribution >= 0.6 is 0 Å². The predicted molar refractivity (Wildman–Crippen MR) is 81.1 cm³/mol. The van der Waals surface area contributed by atoms with Gasteiger partial charge in [-0.3, -0.25) is 0 Å². The van der Waals surface area contributed by atoms with E-state index in [9.17, 15) is 10.2 Å². The normalized spacial score (nSPS) is 27.5. The summed E-state index contributed by atoms with van der Waals surface area (Å²) in [6.07, 6.45) is 8.12. The highest BCUT2D eigenvalue weighted by molar-refractivity contribution is 4.89. The van der Waals surface area contributed by atoms with Crippen molar-refractivity contribution in [2.75, 3.05) is 19.8 Å². The van der Waals surface area contributed by atoms with Crippen molar-refractivity contribution in [1.82, 2.24) is 0 Å². The molecule has 1 rings (SSSR count). The molecule has 4 atom stereocenters. The van der Waals surface area contributed by atoms with Crippen LogP contribution in [0.3, 0.4) is 0 Å². The summed E-state index contributed by atoms with van der Waals surface area (Å²) in [6.45, 7) is 2.47. The molecule has 124 valence electrons. The maximum Gasteiger partial charge on any atom is 0.114 e. The second-order valence-electron chi connectivity index (χ2n) is 5.56. The summed E-state index contributed by atoms with van der Waals surface area (Å²) >= 11 is 0. The van der Waals surface area contributed by atoms with Crippen LogP contribution in [0.25, 0.3) is 0 Å². The summed E-state index contributed by atoms with van der Waals surface area (Å²) in [4.78, 5) is 0. The van der Waals surface area contributed by atoms with Gasteiger partial charge in [0, 0.05) is 6.61 Å². The molecule has 0 spiro atoms. The first-order valence-corrected chi connectivity index (χ1v) is 8.05. The molecule has 1 aliphatic heterocycles. The van der Waals surface area contributed by atoms with Gasteiger partial charge in [0.2, 0.25) is 0 Å². The van der Waals surface area contributed by atoms with E-state index < -0.39 is 24.4 Å². The Morgan fingerprint density at radius 3 is 2.62 bits per heavy atom. The van der Waals surface area contributed by atoms with Crippen molar-refractivity contribution in [3.8, 4) is 0 Å². The molecule has 0 radical (unpaired) electrons. The summed E-state index contributed by atoms with van der Waals surface area (Å²) in [7, 11) is 0. The third-order valence-corrected chi connectivity index (χ3v) is 3.70. The number of rotatable bonds is 11. The fourth-order valence-corrected chi connectivity index (χ4v) is 2.40. The Hall–Kier alpha value is -0.460. The first-order chi connectivity index (χ1) is 10.2. The summed E-state index contributed by atoms with van der Waals surface area (Å²) in [5.41, 5.74) is 0. The van der Waals surface area contributed by atoms with Crippen molar-refractivity contribution in [1.29, 1.82) is 0 Å². The molecule has 0 aromatic carbocycles. The Bertz CT molecular complexity index is 282. The molecule has 5 nitrogen and oxygen atoms in total. The zero-order chi connectivity index (χ0) is 15.5. The lowest BCUT2D eigenvalue weighted by molar-refractivity contribution is -0.0937. The van der Waals surface area contributed by atoms with E-state index in [-0.39, 0.29) is 13.2 Å². The Balaban J connectivity index is 2.12. The molecule has 0 amide bonds. The van der Waals surface area contributed by atoms with E-state index in [1.807, 2.05) is 0 Å². The molecule has 1 saturated heterocycles. The molecule has 0 unspecified atom stereocenters. The third kappa shape index (κ3) is 6.89. The second-order valence-corrected chi connectivity index (χ2v) is 5.56. The molecule has 0 aliphatic carbocycles. The van der Waals surface area contributed by atoms with Crippen LogP contribution in [-0.4, -0.2) is 59.6 Å². The SMILES string of the molecule is CCCC/C=C/CCCCO[C@H]1[C@@H]([C@@H](O)CO)OC[C@H]1O. The van der Waals surface area contributed by atoms with E-state index in [2.05, 4.69) is 19.1 Å². The number of unbranched alkanes of at least 4 members (excludes halogenated alkanes) is 4. The summed E-state index contributed by atoms with van der Waals surface area (Å²) in [5.74, 6) is 0. The van der Waals surface area contributed by atoms with Gasteiger partial charge in [0.15, 0.2) is 0 Å².